The van der Waals surface area contributed by atoms with E-state index in [1.165, 1.54) is 28.8 Å². The summed E-state index contributed by atoms with van der Waals surface area (Å²) in [6, 6.07) is 5.85. The van der Waals surface area contributed by atoms with Crippen molar-refractivity contribution in [3.8, 4) is 0 Å². The molecule has 1 fully saturated rings. The van der Waals surface area contributed by atoms with Crippen LogP contribution in [0.2, 0.25) is 0 Å². The predicted octanol–water partition coefficient (Wildman–Crippen LogP) is 3.01. The first-order valence-corrected chi connectivity index (χ1v) is 8.27. The monoisotopic (exact) mass is 350 g/mol. The zero-order valence-corrected chi connectivity index (χ0v) is 13.3. The minimum atomic E-state index is -4.21. The van der Waals surface area contributed by atoms with Crippen molar-refractivity contribution >= 4 is 17.7 Å². The third-order valence-electron chi connectivity index (χ3n) is 3.52. The third kappa shape index (κ3) is 6.39. The van der Waals surface area contributed by atoms with E-state index in [2.05, 4.69) is 0 Å². The van der Waals surface area contributed by atoms with Gasteiger partial charge < -0.3 is 4.90 Å². The summed E-state index contributed by atoms with van der Waals surface area (Å²) in [6.45, 7) is 0.413. The highest BCUT2D eigenvalue weighted by molar-refractivity contribution is 8.00. The number of nitrogens with zero attached hydrogens (tertiary/aromatic N) is 2. The molecular weight excluding hydrogens is 332 g/mol. The Balaban J connectivity index is 1.80. The fraction of sp³-hybridized carbons (Fsp3) is 0.533. The van der Waals surface area contributed by atoms with E-state index < -0.39 is 12.7 Å². The summed E-state index contributed by atoms with van der Waals surface area (Å²) in [5.74, 6) is -0.239. The molecule has 1 heterocycles. The van der Waals surface area contributed by atoms with Gasteiger partial charge in [0.1, 0.15) is 5.82 Å². The minimum absolute atomic E-state index is 0.104. The van der Waals surface area contributed by atoms with Gasteiger partial charge in [-0.3, -0.25) is 9.69 Å². The SMILES string of the molecule is O=C(CSc1ccc(F)cc1)N1CCCN(CC(F)(F)F)CC1. The number of halogens is 4. The molecule has 0 atom stereocenters. The zero-order chi connectivity index (χ0) is 16.9. The summed E-state index contributed by atoms with van der Waals surface area (Å²) in [7, 11) is 0. The van der Waals surface area contributed by atoms with E-state index in [0.717, 1.165) is 4.90 Å². The number of thioether (sulfide) groups is 1. The fourth-order valence-corrected chi connectivity index (χ4v) is 3.20. The van der Waals surface area contributed by atoms with E-state index in [-0.39, 0.29) is 24.0 Å². The van der Waals surface area contributed by atoms with Crippen LogP contribution in [0.15, 0.2) is 29.2 Å². The Bertz CT molecular complexity index is 521. The number of hydrogen-bond donors (Lipinski definition) is 0. The zero-order valence-electron chi connectivity index (χ0n) is 12.5. The summed E-state index contributed by atoms with van der Waals surface area (Å²) in [6.07, 6.45) is -3.68. The first-order chi connectivity index (χ1) is 10.8. The van der Waals surface area contributed by atoms with Gasteiger partial charge in [0.25, 0.3) is 0 Å². The number of carbonyl (C=O) groups excluding carboxylic acids is 1. The average molecular weight is 350 g/mol. The number of hydrogen-bond acceptors (Lipinski definition) is 3. The van der Waals surface area contributed by atoms with Crippen LogP contribution in [0, 0.1) is 5.82 Å². The third-order valence-corrected chi connectivity index (χ3v) is 4.52. The maximum Gasteiger partial charge on any atom is 0.401 e. The molecule has 0 radical (unpaired) electrons. The van der Waals surface area contributed by atoms with Gasteiger partial charge in [0, 0.05) is 31.1 Å². The molecule has 1 saturated heterocycles. The van der Waals surface area contributed by atoms with Crippen molar-refractivity contribution in [2.45, 2.75) is 17.5 Å². The van der Waals surface area contributed by atoms with Crippen LogP contribution in [0.1, 0.15) is 6.42 Å². The Morgan fingerprint density at radius 3 is 2.43 bits per heavy atom. The molecule has 1 aliphatic rings. The molecule has 0 aliphatic carbocycles. The van der Waals surface area contributed by atoms with Gasteiger partial charge in [0.05, 0.1) is 12.3 Å². The normalized spacial score (nSPS) is 17.1. The summed E-state index contributed by atoms with van der Waals surface area (Å²) in [5, 5.41) is 0. The van der Waals surface area contributed by atoms with E-state index >= 15 is 0 Å². The molecule has 23 heavy (non-hydrogen) atoms. The van der Waals surface area contributed by atoms with Gasteiger partial charge in [-0.1, -0.05) is 0 Å². The van der Waals surface area contributed by atoms with Crippen LogP contribution >= 0.6 is 11.8 Å². The number of benzene rings is 1. The standard InChI is InChI=1S/C15H18F4N2OS/c16-12-2-4-13(5-3-12)23-10-14(22)21-7-1-6-20(8-9-21)11-15(17,18)19/h2-5H,1,6-11H2. The van der Waals surface area contributed by atoms with Crippen molar-refractivity contribution in [3.63, 3.8) is 0 Å². The molecule has 8 heteroatoms. The Hall–Kier alpha value is -1.28. The summed E-state index contributed by atoms with van der Waals surface area (Å²) in [5.41, 5.74) is 0. The van der Waals surface area contributed by atoms with Crippen LogP contribution in [-0.4, -0.2) is 60.4 Å². The van der Waals surface area contributed by atoms with Crippen molar-refractivity contribution in [1.29, 1.82) is 0 Å². The molecule has 0 N–H and O–H groups in total. The lowest BCUT2D eigenvalue weighted by atomic mass is 10.3. The van der Waals surface area contributed by atoms with Crippen LogP contribution < -0.4 is 0 Å². The molecule has 0 saturated carbocycles. The molecular formula is C15H18F4N2OS. The summed E-state index contributed by atoms with van der Waals surface area (Å²) in [4.78, 5) is 15.9. The van der Waals surface area contributed by atoms with Crippen LogP contribution in [0.25, 0.3) is 0 Å². The van der Waals surface area contributed by atoms with Gasteiger partial charge in [-0.05, 0) is 30.7 Å². The maximum absolute atomic E-state index is 12.8. The van der Waals surface area contributed by atoms with Crippen LogP contribution in [0.5, 0.6) is 0 Å². The predicted molar refractivity (Wildman–Crippen MR) is 80.8 cm³/mol. The van der Waals surface area contributed by atoms with Crippen molar-refractivity contribution in [1.82, 2.24) is 9.80 Å². The van der Waals surface area contributed by atoms with Gasteiger partial charge in [-0.15, -0.1) is 11.8 Å². The molecule has 1 aromatic rings. The molecule has 2 rings (SSSR count). The molecule has 0 unspecified atom stereocenters. The van der Waals surface area contributed by atoms with Gasteiger partial charge in [0.2, 0.25) is 5.91 Å². The Labute approximate surface area is 136 Å². The van der Waals surface area contributed by atoms with E-state index in [4.69, 9.17) is 0 Å². The minimum Gasteiger partial charge on any atom is -0.341 e. The topological polar surface area (TPSA) is 23.6 Å². The van der Waals surface area contributed by atoms with Gasteiger partial charge in [-0.2, -0.15) is 13.2 Å². The molecule has 0 aromatic heterocycles. The quantitative estimate of drug-likeness (QED) is 0.616. The molecule has 1 aromatic carbocycles. The van der Waals surface area contributed by atoms with Crippen LogP contribution in [0.3, 0.4) is 0 Å². The first kappa shape index (κ1) is 18.1. The number of amides is 1. The molecule has 128 valence electrons. The number of rotatable bonds is 4. The Morgan fingerprint density at radius 1 is 1.09 bits per heavy atom. The van der Waals surface area contributed by atoms with Crippen LogP contribution in [-0.2, 0) is 4.79 Å². The first-order valence-electron chi connectivity index (χ1n) is 7.29. The average Bonchev–Trinajstić information content (AvgIpc) is 2.70. The van der Waals surface area contributed by atoms with E-state index in [1.54, 1.807) is 17.0 Å². The molecule has 3 nitrogen and oxygen atoms in total. The summed E-state index contributed by atoms with van der Waals surface area (Å²) >= 11 is 1.30. The van der Waals surface area contributed by atoms with Crippen molar-refractivity contribution in [3.05, 3.63) is 30.1 Å². The number of carbonyl (C=O) groups is 1. The summed E-state index contributed by atoms with van der Waals surface area (Å²) < 4.78 is 50.0. The highest BCUT2D eigenvalue weighted by Crippen LogP contribution is 2.20. The van der Waals surface area contributed by atoms with Crippen molar-refractivity contribution < 1.29 is 22.4 Å². The van der Waals surface area contributed by atoms with Gasteiger partial charge >= 0.3 is 6.18 Å². The second-order valence-corrected chi connectivity index (χ2v) is 6.42. The Morgan fingerprint density at radius 2 is 1.78 bits per heavy atom. The lowest BCUT2D eigenvalue weighted by molar-refractivity contribution is -0.145. The maximum atomic E-state index is 12.8. The van der Waals surface area contributed by atoms with Gasteiger partial charge in [-0.25, -0.2) is 4.39 Å². The lowest BCUT2D eigenvalue weighted by Gasteiger charge is -2.22. The van der Waals surface area contributed by atoms with E-state index in [0.29, 0.717) is 26.1 Å². The molecule has 1 aliphatic heterocycles. The van der Waals surface area contributed by atoms with E-state index in [1.807, 2.05) is 0 Å². The molecule has 1 amide bonds. The smallest absolute Gasteiger partial charge is 0.341 e. The molecule has 0 spiro atoms. The second-order valence-electron chi connectivity index (χ2n) is 5.37. The van der Waals surface area contributed by atoms with Crippen molar-refractivity contribution in [2.24, 2.45) is 0 Å². The highest BCUT2D eigenvalue weighted by Gasteiger charge is 2.31. The fourth-order valence-electron chi connectivity index (χ4n) is 2.40. The van der Waals surface area contributed by atoms with Crippen LogP contribution in [0.4, 0.5) is 17.6 Å². The lowest BCUT2D eigenvalue weighted by Crippen LogP contribution is -2.39. The van der Waals surface area contributed by atoms with Gasteiger partial charge in [0.15, 0.2) is 0 Å². The largest absolute Gasteiger partial charge is 0.401 e. The Kier molecular flexibility index (Phi) is 6.29. The number of alkyl halides is 3. The van der Waals surface area contributed by atoms with E-state index in [9.17, 15) is 22.4 Å². The van der Waals surface area contributed by atoms with Crippen molar-refractivity contribution in [2.75, 3.05) is 38.5 Å². The highest BCUT2D eigenvalue weighted by atomic mass is 32.2. The second kappa shape index (κ2) is 8.01. The molecule has 0 bridgehead atoms.